The number of amides is 1. The molecule has 0 aromatic heterocycles. The second kappa shape index (κ2) is 9.48. The largest absolute Gasteiger partial charge is 0.469 e. The molecule has 9 nitrogen and oxygen atoms in total. The second-order valence-corrected chi connectivity index (χ2v) is 12.3. The smallest absolute Gasteiger partial charge is 0.310 e. The van der Waals surface area contributed by atoms with Gasteiger partial charge in [-0.3, -0.25) is 24.0 Å². The summed E-state index contributed by atoms with van der Waals surface area (Å²) in [5.41, 5.74) is -1.73. The fourth-order valence-electron chi connectivity index (χ4n) is 7.23. The Balaban J connectivity index is 1.70. The Morgan fingerprint density at radius 1 is 1.09 bits per heavy atom. The number of ketones is 1. The van der Waals surface area contributed by atoms with E-state index < -0.39 is 58.7 Å². The van der Waals surface area contributed by atoms with Crippen molar-refractivity contribution in [3.8, 4) is 0 Å². The minimum atomic E-state index is -1.10. The molecule has 0 radical (unpaired) electrons. The van der Waals surface area contributed by atoms with Crippen LogP contribution in [-0.2, 0) is 38.2 Å². The van der Waals surface area contributed by atoms with Gasteiger partial charge in [-0.1, -0.05) is 29.8 Å². The summed E-state index contributed by atoms with van der Waals surface area (Å²) >= 11 is 3.59. The SMILES string of the molecule is COC(=O)[C@@H]1C[C@H](OC(C)=O)C(=O)[C@H]2[C@@]1(C)CC[C@H]1C(=O)O[C@H](C(=O)N3CCC(Br)CC3)C[C@]21C. The van der Waals surface area contributed by atoms with Gasteiger partial charge >= 0.3 is 17.9 Å². The topological polar surface area (TPSA) is 116 Å². The van der Waals surface area contributed by atoms with Crippen molar-refractivity contribution >= 4 is 45.5 Å². The van der Waals surface area contributed by atoms with Crippen LogP contribution in [0, 0.1) is 28.6 Å². The number of fused-ring (bicyclic) bond motifs is 3. The lowest BCUT2D eigenvalue weighted by Gasteiger charge is -2.60. The zero-order valence-electron chi connectivity index (χ0n) is 20.7. The molecule has 0 unspecified atom stereocenters. The van der Waals surface area contributed by atoms with Gasteiger partial charge in [-0.25, -0.2) is 0 Å². The van der Waals surface area contributed by atoms with Gasteiger partial charge in [0.05, 0.1) is 18.9 Å². The van der Waals surface area contributed by atoms with Crippen LogP contribution < -0.4 is 0 Å². The number of methoxy groups -OCH3 is 1. The van der Waals surface area contributed by atoms with Gasteiger partial charge in [0.1, 0.15) is 0 Å². The number of halogens is 1. The van der Waals surface area contributed by atoms with E-state index in [-0.39, 0.29) is 24.5 Å². The van der Waals surface area contributed by atoms with Crippen LogP contribution in [0.25, 0.3) is 0 Å². The van der Waals surface area contributed by atoms with Crippen molar-refractivity contribution in [2.24, 2.45) is 28.6 Å². The number of ether oxygens (including phenoxy) is 3. The molecular weight excluding hydrogens is 522 g/mol. The van der Waals surface area contributed by atoms with E-state index >= 15 is 0 Å². The molecule has 0 aromatic rings. The highest BCUT2D eigenvalue weighted by atomic mass is 79.9. The number of hydrogen-bond acceptors (Lipinski definition) is 8. The summed E-state index contributed by atoms with van der Waals surface area (Å²) in [6.45, 7) is 6.11. The predicted octanol–water partition coefficient (Wildman–Crippen LogP) is 2.42. The maximum atomic E-state index is 13.9. The number of cyclic esters (lactones) is 1. The number of likely N-dealkylation sites (tertiary alicyclic amines) is 1. The number of alkyl halides is 1. The van der Waals surface area contributed by atoms with Crippen molar-refractivity contribution in [2.45, 2.75) is 76.3 Å². The van der Waals surface area contributed by atoms with E-state index in [2.05, 4.69) is 15.9 Å². The highest BCUT2D eigenvalue weighted by Gasteiger charge is 2.68. The number of carbonyl (C=O) groups excluding carboxylic acids is 5. The van der Waals surface area contributed by atoms with Crippen LogP contribution in [0.2, 0.25) is 0 Å². The Labute approximate surface area is 213 Å². The van der Waals surface area contributed by atoms with Crippen molar-refractivity contribution in [1.82, 2.24) is 4.90 Å². The third kappa shape index (κ3) is 4.40. The molecule has 0 aromatic carbocycles. The van der Waals surface area contributed by atoms with E-state index in [1.54, 1.807) is 4.90 Å². The molecule has 10 heteroatoms. The van der Waals surface area contributed by atoms with Gasteiger partial charge in [0, 0.05) is 43.6 Å². The molecule has 4 rings (SSSR count). The van der Waals surface area contributed by atoms with Crippen LogP contribution >= 0.6 is 15.9 Å². The number of hydrogen-bond donors (Lipinski definition) is 0. The summed E-state index contributed by atoms with van der Waals surface area (Å²) in [4.78, 5) is 67.2. The van der Waals surface area contributed by atoms with Crippen LogP contribution in [0.15, 0.2) is 0 Å². The number of rotatable bonds is 3. The lowest BCUT2D eigenvalue weighted by Crippen LogP contribution is -2.66. The third-order valence-corrected chi connectivity index (χ3v) is 9.82. The minimum absolute atomic E-state index is 0.0487. The van der Waals surface area contributed by atoms with Crippen molar-refractivity contribution < 1.29 is 38.2 Å². The molecule has 194 valence electrons. The number of esters is 3. The van der Waals surface area contributed by atoms with E-state index in [1.807, 2.05) is 13.8 Å². The van der Waals surface area contributed by atoms with Crippen molar-refractivity contribution in [3.63, 3.8) is 0 Å². The van der Waals surface area contributed by atoms with Gasteiger partial charge in [0.25, 0.3) is 5.91 Å². The van der Waals surface area contributed by atoms with Crippen molar-refractivity contribution in [2.75, 3.05) is 20.2 Å². The standard InChI is InChI=1S/C25H34BrNO8/c1-13(28)34-17-11-16(22(31)33-4)24(2)8-5-15-23(32)35-18(12-25(15,3)20(24)19(17)29)21(30)27-9-6-14(26)7-10-27/h14-18,20H,5-12H2,1-4H3/t15-,16-,17-,18-,20-,24-,25-/m0/s1. The predicted molar refractivity (Wildman–Crippen MR) is 126 cm³/mol. The van der Waals surface area contributed by atoms with Gasteiger partial charge in [-0.2, -0.15) is 0 Å². The maximum absolute atomic E-state index is 13.9. The summed E-state index contributed by atoms with van der Waals surface area (Å²) in [6.07, 6.45) is 0.662. The molecule has 4 fully saturated rings. The summed E-state index contributed by atoms with van der Waals surface area (Å²) in [5.74, 6) is -4.13. The van der Waals surface area contributed by atoms with E-state index in [0.29, 0.717) is 30.8 Å². The van der Waals surface area contributed by atoms with Gasteiger partial charge < -0.3 is 19.1 Å². The molecule has 2 saturated carbocycles. The molecular formula is C25H34BrNO8. The molecule has 0 N–H and O–H groups in total. The highest BCUT2D eigenvalue weighted by molar-refractivity contribution is 9.09. The Morgan fingerprint density at radius 2 is 1.74 bits per heavy atom. The van der Waals surface area contributed by atoms with E-state index in [1.165, 1.54) is 14.0 Å². The van der Waals surface area contributed by atoms with Crippen LogP contribution in [0.4, 0.5) is 0 Å². The maximum Gasteiger partial charge on any atom is 0.310 e. The van der Waals surface area contributed by atoms with Gasteiger partial charge in [-0.05, 0) is 36.5 Å². The molecule has 1 amide bonds. The lowest BCUT2D eigenvalue weighted by molar-refractivity contribution is -0.211. The molecule has 7 atom stereocenters. The van der Waals surface area contributed by atoms with Gasteiger partial charge in [0.15, 0.2) is 18.0 Å². The normalized spacial score (nSPS) is 39.7. The molecule has 2 heterocycles. The third-order valence-electron chi connectivity index (χ3n) is 8.91. The Hall–Kier alpha value is -1.97. The van der Waals surface area contributed by atoms with Crippen LogP contribution in [0.1, 0.15) is 59.3 Å². The molecule has 2 aliphatic heterocycles. The van der Waals surface area contributed by atoms with Crippen molar-refractivity contribution in [3.05, 3.63) is 0 Å². The van der Waals surface area contributed by atoms with Crippen LogP contribution in [0.3, 0.4) is 0 Å². The lowest BCUT2D eigenvalue weighted by atomic mass is 9.43. The van der Waals surface area contributed by atoms with Gasteiger partial charge in [-0.15, -0.1) is 0 Å². The van der Waals surface area contributed by atoms with Crippen LogP contribution in [-0.4, -0.2) is 71.7 Å². The van der Waals surface area contributed by atoms with Gasteiger partial charge in [0.2, 0.25) is 0 Å². The summed E-state index contributed by atoms with van der Waals surface area (Å²) in [7, 11) is 1.30. The van der Waals surface area contributed by atoms with E-state index in [0.717, 1.165) is 12.8 Å². The first-order valence-corrected chi connectivity index (χ1v) is 13.3. The molecule has 2 aliphatic carbocycles. The minimum Gasteiger partial charge on any atom is -0.469 e. The zero-order valence-corrected chi connectivity index (χ0v) is 22.3. The zero-order chi connectivity index (χ0) is 25.7. The van der Waals surface area contributed by atoms with Crippen molar-refractivity contribution in [1.29, 1.82) is 0 Å². The number of Topliss-reactive ketones (excluding diaryl/α,β-unsaturated/α-hetero) is 1. The quantitative estimate of drug-likeness (QED) is 0.296. The average Bonchev–Trinajstić information content (AvgIpc) is 2.79. The number of piperidine rings is 1. The van der Waals surface area contributed by atoms with E-state index in [9.17, 15) is 24.0 Å². The number of carbonyl (C=O) groups is 5. The first-order valence-electron chi connectivity index (χ1n) is 12.3. The Morgan fingerprint density at radius 3 is 2.34 bits per heavy atom. The first-order chi connectivity index (χ1) is 16.4. The van der Waals surface area contributed by atoms with E-state index in [4.69, 9.17) is 14.2 Å². The molecule has 0 spiro atoms. The fraction of sp³-hybridized carbons (Fsp3) is 0.800. The molecule has 2 saturated heterocycles. The molecule has 0 bridgehead atoms. The monoisotopic (exact) mass is 555 g/mol. The first kappa shape index (κ1) is 26.1. The second-order valence-electron chi connectivity index (χ2n) is 11.0. The summed E-state index contributed by atoms with van der Waals surface area (Å²) in [5, 5.41) is 0. The number of nitrogens with zero attached hydrogens (tertiary/aromatic N) is 1. The Bertz CT molecular complexity index is 930. The Kier molecular flexibility index (Phi) is 7.07. The summed E-state index contributed by atoms with van der Waals surface area (Å²) in [6, 6.07) is 0. The average molecular weight is 556 g/mol. The fourth-order valence-corrected chi connectivity index (χ4v) is 7.64. The molecule has 35 heavy (non-hydrogen) atoms. The highest BCUT2D eigenvalue weighted by Crippen LogP contribution is 2.64. The summed E-state index contributed by atoms with van der Waals surface area (Å²) < 4.78 is 16.1. The van der Waals surface area contributed by atoms with Crippen LogP contribution in [0.5, 0.6) is 0 Å². The molecule has 4 aliphatic rings.